The minimum Gasteiger partial charge on any atom is -0.354 e. The number of Topliss-reactive ketones (excluding diaryl/α,β-unsaturated/α-hetero) is 1. The Hall–Kier alpha value is -2.93. The number of aromatic amines is 1. The third-order valence-electron chi connectivity index (χ3n) is 3.96. The molecular weight excluding hydrogens is 334 g/mol. The number of aromatic nitrogens is 5. The number of benzene rings is 2. The monoisotopic (exact) mass is 349 g/mol. The van der Waals surface area contributed by atoms with E-state index in [0.717, 1.165) is 22.2 Å². The van der Waals surface area contributed by atoms with Crippen LogP contribution in [-0.4, -0.2) is 36.7 Å². The quantitative estimate of drug-likeness (QED) is 0.442. The number of H-pyrrole nitrogens is 1. The molecule has 2 aromatic carbocycles. The molecule has 0 saturated heterocycles. The van der Waals surface area contributed by atoms with Crippen molar-refractivity contribution in [2.24, 2.45) is 7.05 Å². The molecule has 4 rings (SSSR count). The second-order valence-corrected chi connectivity index (χ2v) is 6.53. The van der Waals surface area contributed by atoms with Gasteiger partial charge in [0.2, 0.25) is 5.16 Å². The summed E-state index contributed by atoms with van der Waals surface area (Å²) < 4.78 is 1.56. The lowest BCUT2D eigenvalue weighted by molar-refractivity contribution is 0.102. The number of carbonyl (C=O) groups is 1. The molecule has 4 aromatic rings. The van der Waals surface area contributed by atoms with Crippen LogP contribution in [0.2, 0.25) is 0 Å². The number of thioether (sulfide) groups is 1. The maximum absolute atomic E-state index is 13.0. The molecule has 2 heterocycles. The van der Waals surface area contributed by atoms with E-state index in [1.165, 1.54) is 11.8 Å². The van der Waals surface area contributed by atoms with Gasteiger partial charge < -0.3 is 4.98 Å². The minimum atomic E-state index is 0.0457. The second-order valence-electron chi connectivity index (χ2n) is 5.58. The van der Waals surface area contributed by atoms with E-state index in [1.807, 2.05) is 54.6 Å². The number of rotatable bonds is 5. The summed E-state index contributed by atoms with van der Waals surface area (Å²) in [4.78, 5) is 16.4. The Morgan fingerprint density at radius 1 is 1.12 bits per heavy atom. The van der Waals surface area contributed by atoms with E-state index in [0.29, 0.717) is 10.7 Å². The average Bonchev–Trinajstić information content (AvgIpc) is 3.24. The Kier molecular flexibility index (Phi) is 4.07. The first kappa shape index (κ1) is 15.6. The summed E-state index contributed by atoms with van der Waals surface area (Å²) in [6.45, 7) is 0. The van der Waals surface area contributed by atoms with Crippen LogP contribution in [0.25, 0.3) is 22.2 Å². The van der Waals surface area contributed by atoms with Crippen molar-refractivity contribution in [2.45, 2.75) is 5.16 Å². The Morgan fingerprint density at radius 3 is 2.64 bits per heavy atom. The number of nitrogens with one attached hydrogen (secondary N) is 1. The van der Waals surface area contributed by atoms with Crippen molar-refractivity contribution in [3.05, 3.63) is 60.2 Å². The SMILES string of the molecule is Cn1nnnc1SCC(=O)c1c(-c2ccccc2)[nH]c2ccccc12. The van der Waals surface area contributed by atoms with Crippen LogP contribution in [-0.2, 0) is 7.05 Å². The number of tetrazole rings is 1. The highest BCUT2D eigenvalue weighted by Crippen LogP contribution is 2.31. The fourth-order valence-corrected chi connectivity index (χ4v) is 3.52. The van der Waals surface area contributed by atoms with Crippen LogP contribution >= 0.6 is 11.8 Å². The van der Waals surface area contributed by atoms with Gasteiger partial charge in [-0.05, 0) is 22.1 Å². The van der Waals surface area contributed by atoms with Crippen molar-refractivity contribution in [3.8, 4) is 11.3 Å². The van der Waals surface area contributed by atoms with Gasteiger partial charge in [0.05, 0.1) is 17.0 Å². The van der Waals surface area contributed by atoms with Gasteiger partial charge in [-0.15, -0.1) is 5.10 Å². The van der Waals surface area contributed by atoms with E-state index < -0.39 is 0 Å². The Morgan fingerprint density at radius 2 is 1.88 bits per heavy atom. The summed E-state index contributed by atoms with van der Waals surface area (Å²) >= 11 is 1.34. The van der Waals surface area contributed by atoms with E-state index in [9.17, 15) is 4.79 Å². The van der Waals surface area contributed by atoms with Crippen molar-refractivity contribution in [1.29, 1.82) is 0 Å². The van der Waals surface area contributed by atoms with E-state index in [2.05, 4.69) is 20.5 Å². The molecule has 0 aliphatic heterocycles. The molecule has 25 heavy (non-hydrogen) atoms. The molecule has 7 heteroatoms. The van der Waals surface area contributed by atoms with Crippen LogP contribution < -0.4 is 0 Å². The number of fused-ring (bicyclic) bond motifs is 1. The van der Waals surface area contributed by atoms with Crippen LogP contribution in [0.5, 0.6) is 0 Å². The lowest BCUT2D eigenvalue weighted by atomic mass is 10.0. The molecule has 0 atom stereocenters. The maximum atomic E-state index is 13.0. The zero-order valence-corrected chi connectivity index (χ0v) is 14.3. The van der Waals surface area contributed by atoms with E-state index >= 15 is 0 Å². The predicted octanol–water partition coefficient (Wildman–Crippen LogP) is 3.33. The first-order valence-corrected chi connectivity index (χ1v) is 8.77. The molecule has 0 aliphatic rings. The van der Waals surface area contributed by atoms with Gasteiger partial charge in [0, 0.05) is 18.0 Å². The van der Waals surface area contributed by atoms with Crippen molar-refractivity contribution >= 4 is 28.4 Å². The normalized spacial score (nSPS) is 11.1. The van der Waals surface area contributed by atoms with Gasteiger partial charge in [-0.1, -0.05) is 60.3 Å². The smallest absolute Gasteiger partial charge is 0.209 e. The van der Waals surface area contributed by atoms with Gasteiger partial charge in [0.1, 0.15) is 0 Å². The van der Waals surface area contributed by atoms with Crippen LogP contribution in [0, 0.1) is 0 Å². The van der Waals surface area contributed by atoms with Crippen molar-refractivity contribution in [3.63, 3.8) is 0 Å². The molecule has 0 amide bonds. The second kappa shape index (κ2) is 6.52. The summed E-state index contributed by atoms with van der Waals surface area (Å²) in [5.41, 5.74) is 3.51. The van der Waals surface area contributed by atoms with Crippen molar-refractivity contribution in [1.82, 2.24) is 25.2 Å². The van der Waals surface area contributed by atoms with Gasteiger partial charge in [-0.2, -0.15) is 0 Å². The first-order valence-electron chi connectivity index (χ1n) is 7.78. The van der Waals surface area contributed by atoms with Crippen molar-refractivity contribution < 1.29 is 4.79 Å². The molecule has 124 valence electrons. The fourth-order valence-electron chi connectivity index (χ4n) is 2.80. The molecule has 0 fully saturated rings. The molecule has 6 nitrogen and oxygen atoms in total. The molecule has 0 saturated carbocycles. The lowest BCUT2D eigenvalue weighted by Crippen LogP contribution is -2.05. The largest absolute Gasteiger partial charge is 0.354 e. The zero-order chi connectivity index (χ0) is 17.2. The molecule has 0 bridgehead atoms. The van der Waals surface area contributed by atoms with E-state index in [-0.39, 0.29) is 11.5 Å². The standard InChI is InChI=1S/C18H15N5OS/c1-23-18(20-21-22-23)25-11-15(24)16-13-9-5-6-10-14(13)19-17(16)12-7-3-2-4-8-12/h2-10,19H,11H2,1H3. The Bertz CT molecular complexity index is 1040. The summed E-state index contributed by atoms with van der Waals surface area (Å²) in [5.74, 6) is 0.319. The predicted molar refractivity (Wildman–Crippen MR) is 97.6 cm³/mol. The third-order valence-corrected chi connectivity index (χ3v) is 4.97. The summed E-state index contributed by atoms with van der Waals surface area (Å²) in [6, 6.07) is 17.8. The molecule has 0 unspecified atom stereocenters. The Balaban J connectivity index is 1.74. The van der Waals surface area contributed by atoms with E-state index in [4.69, 9.17) is 0 Å². The highest BCUT2D eigenvalue weighted by Gasteiger charge is 2.20. The van der Waals surface area contributed by atoms with Crippen LogP contribution in [0.15, 0.2) is 59.8 Å². The van der Waals surface area contributed by atoms with Crippen LogP contribution in [0.1, 0.15) is 10.4 Å². The number of para-hydroxylation sites is 1. The van der Waals surface area contributed by atoms with Gasteiger partial charge in [-0.3, -0.25) is 4.79 Å². The maximum Gasteiger partial charge on any atom is 0.209 e. The van der Waals surface area contributed by atoms with E-state index in [1.54, 1.807) is 11.7 Å². The number of aryl methyl sites for hydroxylation is 1. The molecule has 1 N–H and O–H groups in total. The molecular formula is C18H15N5OS. The van der Waals surface area contributed by atoms with Crippen molar-refractivity contribution in [2.75, 3.05) is 5.75 Å². The highest BCUT2D eigenvalue weighted by atomic mass is 32.2. The van der Waals surface area contributed by atoms with Crippen LogP contribution in [0.4, 0.5) is 0 Å². The summed E-state index contributed by atoms with van der Waals surface area (Å²) in [7, 11) is 1.76. The topological polar surface area (TPSA) is 76.5 Å². The fraction of sp³-hybridized carbons (Fsp3) is 0.111. The molecule has 0 radical (unpaired) electrons. The number of carbonyl (C=O) groups excluding carboxylic acids is 1. The third kappa shape index (κ3) is 2.94. The van der Waals surface area contributed by atoms with Crippen LogP contribution in [0.3, 0.4) is 0 Å². The van der Waals surface area contributed by atoms with Gasteiger partial charge in [0.25, 0.3) is 0 Å². The number of nitrogens with zero attached hydrogens (tertiary/aromatic N) is 4. The molecule has 0 spiro atoms. The van der Waals surface area contributed by atoms with Gasteiger partial charge in [0.15, 0.2) is 5.78 Å². The van der Waals surface area contributed by atoms with Gasteiger partial charge in [-0.25, -0.2) is 4.68 Å². The lowest BCUT2D eigenvalue weighted by Gasteiger charge is -2.04. The average molecular weight is 349 g/mol. The number of hydrogen-bond acceptors (Lipinski definition) is 5. The number of hydrogen-bond donors (Lipinski definition) is 1. The molecule has 2 aromatic heterocycles. The zero-order valence-electron chi connectivity index (χ0n) is 13.5. The Labute approximate surface area is 148 Å². The highest BCUT2D eigenvalue weighted by molar-refractivity contribution is 7.99. The molecule has 0 aliphatic carbocycles. The minimum absolute atomic E-state index is 0.0457. The summed E-state index contributed by atoms with van der Waals surface area (Å²) in [6.07, 6.45) is 0. The van der Waals surface area contributed by atoms with Gasteiger partial charge >= 0.3 is 0 Å². The summed E-state index contributed by atoms with van der Waals surface area (Å²) in [5, 5.41) is 12.9. The number of ketones is 1. The first-order chi connectivity index (χ1) is 12.2.